The number of rotatable bonds is 2. The van der Waals surface area contributed by atoms with E-state index in [1.54, 1.807) is 29.0 Å². The molecule has 0 saturated carbocycles. The van der Waals surface area contributed by atoms with Crippen LogP contribution in [0, 0.1) is 0 Å². The molecule has 0 radical (unpaired) electrons. The summed E-state index contributed by atoms with van der Waals surface area (Å²) < 4.78 is 6.77. The van der Waals surface area contributed by atoms with Crippen molar-refractivity contribution in [3.05, 3.63) is 40.4 Å². The topological polar surface area (TPSA) is 64.3 Å². The fraction of sp³-hybridized carbons (Fsp3) is 0.333. The van der Waals surface area contributed by atoms with Gasteiger partial charge in [-0.2, -0.15) is 0 Å². The third-order valence-electron chi connectivity index (χ3n) is 3.02. The van der Waals surface area contributed by atoms with Crippen LogP contribution in [-0.2, 0) is 11.3 Å². The van der Waals surface area contributed by atoms with Crippen LogP contribution < -0.4 is 5.56 Å². The normalized spacial score (nSPS) is 16.1. The van der Waals surface area contributed by atoms with Gasteiger partial charge in [-0.05, 0) is 18.2 Å². The molecule has 0 aromatic carbocycles. The molecule has 3 heterocycles. The third-order valence-corrected chi connectivity index (χ3v) is 3.02. The van der Waals surface area contributed by atoms with Gasteiger partial charge in [0.1, 0.15) is 0 Å². The number of ether oxygens (including phenoxy) is 1. The van der Waals surface area contributed by atoms with Crippen LogP contribution in [0.15, 0.2) is 29.2 Å². The molecular weight excluding hydrogens is 220 g/mol. The third kappa shape index (κ3) is 1.64. The summed E-state index contributed by atoms with van der Waals surface area (Å²) in [7, 11) is 0. The molecule has 0 spiro atoms. The molecule has 17 heavy (non-hydrogen) atoms. The van der Waals surface area contributed by atoms with Crippen molar-refractivity contribution in [3.8, 4) is 0 Å². The lowest BCUT2D eigenvalue weighted by atomic mass is 10.2. The lowest BCUT2D eigenvalue weighted by Crippen LogP contribution is -2.37. The second kappa shape index (κ2) is 3.94. The van der Waals surface area contributed by atoms with Gasteiger partial charge in [-0.1, -0.05) is 0 Å². The first-order chi connectivity index (χ1) is 8.29. The summed E-state index contributed by atoms with van der Waals surface area (Å²) >= 11 is 0. The van der Waals surface area contributed by atoms with E-state index in [1.165, 1.54) is 0 Å². The zero-order valence-corrected chi connectivity index (χ0v) is 9.17. The molecule has 0 unspecified atom stereocenters. The van der Waals surface area contributed by atoms with E-state index in [-0.39, 0.29) is 18.2 Å². The van der Waals surface area contributed by atoms with E-state index in [0.29, 0.717) is 29.8 Å². The van der Waals surface area contributed by atoms with E-state index in [1.807, 2.05) is 0 Å². The molecule has 0 amide bonds. The molecule has 2 aromatic heterocycles. The molecule has 1 saturated heterocycles. The molecular formula is C12H12N2O3. The maximum Gasteiger partial charge on any atom is 0.260 e. The molecule has 5 heteroatoms. The van der Waals surface area contributed by atoms with Gasteiger partial charge in [0.05, 0.1) is 42.5 Å². The Bertz CT molecular complexity index is 617. The molecule has 1 aliphatic rings. The highest BCUT2D eigenvalue weighted by atomic mass is 16.5. The summed E-state index contributed by atoms with van der Waals surface area (Å²) in [5.41, 5.74) is 1.15. The first kappa shape index (κ1) is 10.4. The highest BCUT2D eigenvalue weighted by Crippen LogP contribution is 2.16. The van der Waals surface area contributed by atoms with Crippen LogP contribution in [0.5, 0.6) is 0 Å². The molecule has 0 atom stereocenters. The van der Waals surface area contributed by atoms with Crippen LogP contribution in [0.4, 0.5) is 0 Å². The average Bonchev–Trinajstić information content (AvgIpc) is 2.30. The SMILES string of the molecule is O=c1c2ccc(CO)nc2ccn1C1COC1. The first-order valence-corrected chi connectivity index (χ1v) is 5.49. The zero-order valence-electron chi connectivity index (χ0n) is 9.17. The molecule has 1 fully saturated rings. The van der Waals surface area contributed by atoms with Crippen molar-refractivity contribution in [2.75, 3.05) is 13.2 Å². The van der Waals surface area contributed by atoms with Gasteiger partial charge in [0.25, 0.3) is 5.56 Å². The van der Waals surface area contributed by atoms with Gasteiger partial charge in [0, 0.05) is 6.20 Å². The van der Waals surface area contributed by atoms with Gasteiger partial charge >= 0.3 is 0 Å². The van der Waals surface area contributed by atoms with Crippen LogP contribution >= 0.6 is 0 Å². The van der Waals surface area contributed by atoms with Crippen molar-refractivity contribution in [2.45, 2.75) is 12.6 Å². The number of hydrogen-bond acceptors (Lipinski definition) is 4. The smallest absolute Gasteiger partial charge is 0.260 e. The number of aromatic nitrogens is 2. The molecule has 1 N–H and O–H groups in total. The number of pyridine rings is 2. The Morgan fingerprint density at radius 2 is 2.24 bits per heavy atom. The van der Waals surface area contributed by atoms with Crippen LogP contribution in [0.1, 0.15) is 11.7 Å². The van der Waals surface area contributed by atoms with Gasteiger partial charge in [0.2, 0.25) is 0 Å². The highest BCUT2D eigenvalue weighted by Gasteiger charge is 2.21. The molecule has 88 valence electrons. The molecule has 2 aromatic rings. The number of hydrogen-bond donors (Lipinski definition) is 1. The number of aliphatic hydroxyl groups is 1. The van der Waals surface area contributed by atoms with E-state index in [0.717, 1.165) is 0 Å². The van der Waals surface area contributed by atoms with E-state index >= 15 is 0 Å². The Balaban J connectivity index is 2.17. The summed E-state index contributed by atoms with van der Waals surface area (Å²) in [5.74, 6) is 0. The van der Waals surface area contributed by atoms with E-state index in [4.69, 9.17) is 9.84 Å². The standard InChI is InChI=1S/C12H12N2O3/c15-5-8-1-2-10-11(13-8)3-4-14(12(10)16)9-6-17-7-9/h1-4,9,15H,5-7H2. The summed E-state index contributed by atoms with van der Waals surface area (Å²) in [5, 5.41) is 9.57. The molecule has 0 aliphatic carbocycles. The Hall–Kier alpha value is -1.72. The van der Waals surface area contributed by atoms with Crippen LogP contribution in [0.25, 0.3) is 10.9 Å². The van der Waals surface area contributed by atoms with Crippen molar-refractivity contribution in [1.29, 1.82) is 0 Å². The molecule has 5 nitrogen and oxygen atoms in total. The van der Waals surface area contributed by atoms with Gasteiger partial charge < -0.3 is 14.4 Å². The lowest BCUT2D eigenvalue weighted by Gasteiger charge is -2.27. The molecule has 0 bridgehead atoms. The average molecular weight is 232 g/mol. The van der Waals surface area contributed by atoms with Crippen molar-refractivity contribution in [2.24, 2.45) is 0 Å². The fourth-order valence-corrected chi connectivity index (χ4v) is 1.94. The minimum absolute atomic E-state index is 0.0483. The Kier molecular flexibility index (Phi) is 2.42. The predicted molar refractivity (Wildman–Crippen MR) is 61.8 cm³/mol. The fourth-order valence-electron chi connectivity index (χ4n) is 1.94. The second-order valence-corrected chi connectivity index (χ2v) is 4.11. The summed E-state index contributed by atoms with van der Waals surface area (Å²) in [6, 6.07) is 5.33. The maximum absolute atomic E-state index is 12.2. The minimum Gasteiger partial charge on any atom is -0.390 e. The Morgan fingerprint density at radius 3 is 2.88 bits per heavy atom. The molecule has 3 rings (SSSR count). The van der Waals surface area contributed by atoms with Crippen molar-refractivity contribution in [1.82, 2.24) is 9.55 Å². The van der Waals surface area contributed by atoms with Gasteiger partial charge in [-0.25, -0.2) is 0 Å². The van der Waals surface area contributed by atoms with Crippen molar-refractivity contribution < 1.29 is 9.84 Å². The van der Waals surface area contributed by atoms with Gasteiger partial charge in [-0.3, -0.25) is 9.78 Å². The summed E-state index contributed by atoms with van der Waals surface area (Å²) in [4.78, 5) is 16.4. The van der Waals surface area contributed by atoms with Crippen molar-refractivity contribution in [3.63, 3.8) is 0 Å². The Labute approximate surface area is 97.3 Å². The lowest BCUT2D eigenvalue weighted by molar-refractivity contribution is -0.0246. The summed E-state index contributed by atoms with van der Waals surface area (Å²) in [6.07, 6.45) is 1.74. The monoisotopic (exact) mass is 232 g/mol. The number of nitrogens with zero attached hydrogens (tertiary/aromatic N) is 2. The maximum atomic E-state index is 12.2. The minimum atomic E-state index is -0.116. The van der Waals surface area contributed by atoms with E-state index < -0.39 is 0 Å². The van der Waals surface area contributed by atoms with Crippen LogP contribution in [-0.4, -0.2) is 27.9 Å². The largest absolute Gasteiger partial charge is 0.390 e. The van der Waals surface area contributed by atoms with Crippen LogP contribution in [0.2, 0.25) is 0 Å². The summed E-state index contributed by atoms with van der Waals surface area (Å²) in [6.45, 7) is 1.07. The number of aliphatic hydroxyl groups excluding tert-OH is 1. The van der Waals surface area contributed by atoms with E-state index in [2.05, 4.69) is 4.98 Å². The predicted octanol–water partition coefficient (Wildman–Crippen LogP) is 0.460. The Morgan fingerprint density at radius 1 is 1.41 bits per heavy atom. The van der Waals surface area contributed by atoms with Gasteiger partial charge in [-0.15, -0.1) is 0 Å². The van der Waals surface area contributed by atoms with Crippen molar-refractivity contribution >= 4 is 10.9 Å². The highest BCUT2D eigenvalue weighted by molar-refractivity contribution is 5.77. The second-order valence-electron chi connectivity index (χ2n) is 4.11. The van der Waals surface area contributed by atoms with E-state index in [9.17, 15) is 4.79 Å². The zero-order chi connectivity index (χ0) is 11.8. The first-order valence-electron chi connectivity index (χ1n) is 5.49. The quantitative estimate of drug-likeness (QED) is 0.817. The van der Waals surface area contributed by atoms with Crippen LogP contribution in [0.3, 0.4) is 0 Å². The number of fused-ring (bicyclic) bond motifs is 1. The van der Waals surface area contributed by atoms with Gasteiger partial charge in [0.15, 0.2) is 0 Å². The molecule has 1 aliphatic heterocycles.